The smallest absolute Gasteiger partial charge is 0.306 e. The molecule has 28 heavy (non-hydrogen) atoms. The van der Waals surface area contributed by atoms with E-state index in [1.165, 1.54) is 14.0 Å². The van der Waals surface area contributed by atoms with Crippen molar-refractivity contribution in [2.75, 3.05) is 13.7 Å². The standard InChI is InChI=1S/C21H23NO6/c1-14(23)15-6-4-9-18(10-15)28-13-19(24)22-21(2,12-20(25)26)16-7-5-8-17(11-16)27-3/h4-11H,12-13H2,1-3H3,(H,22,24)(H,25,26). The molecule has 0 saturated carbocycles. The van der Waals surface area contributed by atoms with Crippen molar-refractivity contribution in [3.63, 3.8) is 0 Å². The van der Waals surface area contributed by atoms with Crippen LogP contribution >= 0.6 is 0 Å². The lowest BCUT2D eigenvalue weighted by Crippen LogP contribution is -2.46. The predicted octanol–water partition coefficient (Wildman–Crippen LogP) is 2.78. The molecule has 0 aliphatic carbocycles. The summed E-state index contributed by atoms with van der Waals surface area (Å²) in [5.41, 5.74) is -0.0756. The van der Waals surface area contributed by atoms with Crippen molar-refractivity contribution < 1.29 is 29.0 Å². The highest BCUT2D eigenvalue weighted by Gasteiger charge is 2.32. The molecule has 0 spiro atoms. The van der Waals surface area contributed by atoms with Crippen molar-refractivity contribution in [1.82, 2.24) is 5.32 Å². The average Bonchev–Trinajstić information content (AvgIpc) is 2.66. The van der Waals surface area contributed by atoms with E-state index in [-0.39, 0.29) is 18.8 Å². The number of nitrogens with one attached hydrogen (secondary N) is 1. The van der Waals surface area contributed by atoms with E-state index in [1.54, 1.807) is 55.5 Å². The second-order valence-corrected chi connectivity index (χ2v) is 6.56. The van der Waals surface area contributed by atoms with Gasteiger partial charge in [-0.15, -0.1) is 0 Å². The molecule has 7 heteroatoms. The van der Waals surface area contributed by atoms with E-state index in [0.717, 1.165) is 0 Å². The van der Waals surface area contributed by atoms with Crippen molar-refractivity contribution in [1.29, 1.82) is 0 Å². The van der Waals surface area contributed by atoms with Gasteiger partial charge in [0.05, 0.1) is 19.1 Å². The van der Waals surface area contributed by atoms with Gasteiger partial charge in [-0.05, 0) is 43.7 Å². The van der Waals surface area contributed by atoms with E-state index in [1.807, 2.05) is 0 Å². The largest absolute Gasteiger partial charge is 0.497 e. The number of carbonyl (C=O) groups excluding carboxylic acids is 2. The Morgan fingerprint density at radius 1 is 1.07 bits per heavy atom. The number of methoxy groups -OCH3 is 1. The number of hydrogen-bond donors (Lipinski definition) is 2. The first-order chi connectivity index (χ1) is 13.2. The van der Waals surface area contributed by atoms with Gasteiger partial charge in [-0.3, -0.25) is 14.4 Å². The molecule has 0 saturated heterocycles. The summed E-state index contributed by atoms with van der Waals surface area (Å²) in [5, 5.41) is 12.0. The van der Waals surface area contributed by atoms with Gasteiger partial charge in [-0.1, -0.05) is 24.3 Å². The van der Waals surface area contributed by atoms with E-state index in [9.17, 15) is 19.5 Å². The number of hydrogen-bond acceptors (Lipinski definition) is 5. The molecule has 0 aliphatic heterocycles. The molecule has 1 amide bonds. The van der Waals surface area contributed by atoms with Crippen LogP contribution in [-0.2, 0) is 15.1 Å². The minimum absolute atomic E-state index is 0.109. The monoisotopic (exact) mass is 385 g/mol. The Balaban J connectivity index is 2.13. The molecule has 2 aromatic rings. The number of benzene rings is 2. The summed E-state index contributed by atoms with van der Waals surface area (Å²) in [6, 6.07) is 13.4. The summed E-state index contributed by atoms with van der Waals surface area (Å²) in [6.07, 6.45) is -0.314. The number of carboxylic acids is 1. The first-order valence-corrected chi connectivity index (χ1v) is 8.64. The molecule has 0 fully saturated rings. The summed E-state index contributed by atoms with van der Waals surface area (Å²) < 4.78 is 10.6. The maximum absolute atomic E-state index is 12.4. The van der Waals surface area contributed by atoms with Crippen LogP contribution in [0.4, 0.5) is 0 Å². The molecule has 0 aliphatic rings. The van der Waals surface area contributed by atoms with Crippen molar-refractivity contribution in [2.24, 2.45) is 0 Å². The van der Waals surface area contributed by atoms with Crippen molar-refractivity contribution >= 4 is 17.7 Å². The van der Waals surface area contributed by atoms with Crippen molar-refractivity contribution in [3.8, 4) is 11.5 Å². The SMILES string of the molecule is COc1cccc(C(C)(CC(=O)O)NC(=O)COc2cccc(C(C)=O)c2)c1. The van der Waals surface area contributed by atoms with Crippen LogP contribution in [-0.4, -0.2) is 36.5 Å². The van der Waals surface area contributed by atoms with E-state index in [0.29, 0.717) is 22.6 Å². The number of ether oxygens (including phenoxy) is 2. The van der Waals surface area contributed by atoms with Crippen LogP contribution in [0.25, 0.3) is 0 Å². The minimum atomic E-state index is -1.15. The van der Waals surface area contributed by atoms with E-state index < -0.39 is 17.4 Å². The highest BCUT2D eigenvalue weighted by atomic mass is 16.5. The number of rotatable bonds is 9. The lowest BCUT2D eigenvalue weighted by Gasteiger charge is -2.30. The molecule has 2 N–H and O–H groups in total. The fourth-order valence-corrected chi connectivity index (χ4v) is 2.78. The molecule has 0 bridgehead atoms. The molecule has 1 unspecified atom stereocenters. The molecule has 148 valence electrons. The van der Waals surface area contributed by atoms with Crippen LogP contribution in [0.1, 0.15) is 36.2 Å². The maximum Gasteiger partial charge on any atom is 0.306 e. The molecule has 2 aromatic carbocycles. The van der Waals surface area contributed by atoms with Crippen LogP contribution < -0.4 is 14.8 Å². The van der Waals surface area contributed by atoms with Gasteiger partial charge in [-0.2, -0.15) is 0 Å². The molecular formula is C21H23NO6. The zero-order chi connectivity index (χ0) is 20.7. The molecule has 0 radical (unpaired) electrons. The van der Waals surface area contributed by atoms with Gasteiger partial charge in [0.15, 0.2) is 12.4 Å². The summed E-state index contributed by atoms with van der Waals surface area (Å²) >= 11 is 0. The Morgan fingerprint density at radius 3 is 2.39 bits per heavy atom. The fourth-order valence-electron chi connectivity index (χ4n) is 2.78. The highest BCUT2D eigenvalue weighted by molar-refractivity contribution is 5.94. The van der Waals surface area contributed by atoms with E-state index in [4.69, 9.17) is 9.47 Å². The quantitative estimate of drug-likeness (QED) is 0.644. The maximum atomic E-state index is 12.4. The van der Waals surface area contributed by atoms with Crippen LogP contribution in [0.5, 0.6) is 11.5 Å². The molecular weight excluding hydrogens is 362 g/mol. The Morgan fingerprint density at radius 2 is 1.75 bits per heavy atom. The van der Waals surface area contributed by atoms with Crippen molar-refractivity contribution in [2.45, 2.75) is 25.8 Å². The van der Waals surface area contributed by atoms with Gasteiger partial charge < -0.3 is 19.9 Å². The van der Waals surface area contributed by atoms with E-state index in [2.05, 4.69) is 5.32 Å². The third-order valence-corrected chi connectivity index (χ3v) is 4.24. The summed E-state index contributed by atoms with van der Waals surface area (Å²) in [4.78, 5) is 35.2. The fraction of sp³-hybridized carbons (Fsp3) is 0.286. The Labute approximate surface area is 163 Å². The molecule has 2 rings (SSSR count). The van der Waals surface area contributed by atoms with Crippen LogP contribution in [0.2, 0.25) is 0 Å². The third-order valence-electron chi connectivity index (χ3n) is 4.24. The lowest BCUT2D eigenvalue weighted by molar-refractivity contribution is -0.139. The number of ketones is 1. The number of amides is 1. The van der Waals surface area contributed by atoms with Crippen LogP contribution in [0.3, 0.4) is 0 Å². The normalized spacial score (nSPS) is 12.5. The topological polar surface area (TPSA) is 102 Å². The van der Waals surface area contributed by atoms with E-state index >= 15 is 0 Å². The Hall–Kier alpha value is -3.35. The first-order valence-electron chi connectivity index (χ1n) is 8.64. The van der Waals surface area contributed by atoms with Gasteiger partial charge in [-0.25, -0.2) is 0 Å². The molecule has 1 atom stereocenters. The molecule has 0 heterocycles. The highest BCUT2D eigenvalue weighted by Crippen LogP contribution is 2.28. The van der Waals surface area contributed by atoms with Gasteiger partial charge in [0.1, 0.15) is 11.5 Å². The van der Waals surface area contributed by atoms with Crippen LogP contribution in [0, 0.1) is 0 Å². The Kier molecular flexibility index (Phi) is 6.76. The number of carboxylic acid groups (broad SMARTS) is 1. The zero-order valence-corrected chi connectivity index (χ0v) is 16.0. The van der Waals surface area contributed by atoms with Crippen molar-refractivity contribution in [3.05, 3.63) is 59.7 Å². The number of aliphatic carboxylic acids is 1. The second-order valence-electron chi connectivity index (χ2n) is 6.56. The predicted molar refractivity (Wildman–Crippen MR) is 103 cm³/mol. The molecule has 7 nitrogen and oxygen atoms in total. The van der Waals surface area contributed by atoms with Crippen LogP contribution in [0.15, 0.2) is 48.5 Å². The first kappa shape index (κ1) is 21.0. The number of carbonyl (C=O) groups is 3. The summed E-state index contributed by atoms with van der Waals surface area (Å²) in [5.74, 6) is -0.715. The number of Topliss-reactive ketones (excluding diaryl/α,β-unsaturated/α-hetero) is 1. The van der Waals surface area contributed by atoms with Gasteiger partial charge >= 0.3 is 5.97 Å². The minimum Gasteiger partial charge on any atom is -0.497 e. The van der Waals surface area contributed by atoms with Gasteiger partial charge in [0.25, 0.3) is 5.91 Å². The zero-order valence-electron chi connectivity index (χ0n) is 16.0. The average molecular weight is 385 g/mol. The second kappa shape index (κ2) is 9.03. The molecule has 0 aromatic heterocycles. The van der Waals surface area contributed by atoms with Gasteiger partial charge in [0, 0.05) is 5.56 Å². The Bertz CT molecular complexity index is 879. The van der Waals surface area contributed by atoms with Gasteiger partial charge in [0.2, 0.25) is 0 Å². The lowest BCUT2D eigenvalue weighted by atomic mass is 9.88. The third kappa shape index (κ3) is 5.57. The summed E-state index contributed by atoms with van der Waals surface area (Å²) in [7, 11) is 1.51. The summed E-state index contributed by atoms with van der Waals surface area (Å²) in [6.45, 7) is 2.75.